The lowest BCUT2D eigenvalue weighted by Gasteiger charge is -2.07. The number of nitrogens with zero attached hydrogens (tertiary/aromatic N) is 1. The van der Waals surface area contributed by atoms with Crippen molar-refractivity contribution in [3.63, 3.8) is 0 Å². The molecule has 0 aliphatic heterocycles. The fourth-order valence-corrected chi connectivity index (χ4v) is 3.17. The Bertz CT molecular complexity index is 900. The number of hydrogen-bond donors (Lipinski definition) is 1. The summed E-state index contributed by atoms with van der Waals surface area (Å²) in [5.41, 5.74) is 0.391. The molecule has 3 aromatic rings. The topological polar surface area (TPSA) is 72.0 Å². The largest absolute Gasteiger partial charge is 0.454 e. The third-order valence-corrected chi connectivity index (χ3v) is 4.40. The number of benzene rings is 1. The summed E-state index contributed by atoms with van der Waals surface area (Å²) >= 11 is 13.2. The van der Waals surface area contributed by atoms with Gasteiger partial charge in [-0.05, 0) is 23.6 Å². The lowest BCUT2D eigenvalue weighted by Crippen LogP contribution is -2.14. The van der Waals surface area contributed by atoms with Crippen molar-refractivity contribution in [2.75, 3.05) is 0 Å². The fourth-order valence-electron chi connectivity index (χ4n) is 1.89. The van der Waals surface area contributed by atoms with E-state index in [-0.39, 0.29) is 33.6 Å². The zero-order valence-electron chi connectivity index (χ0n) is 10.9. The van der Waals surface area contributed by atoms with Gasteiger partial charge in [-0.2, -0.15) is 0 Å². The molecule has 112 valence electrons. The standard InChI is InChI=1S/C14H8Cl2N2O3S/c15-7-2-1-3-8(16)11(7)14(20)21-6-10-17-9-4-5-22-12(9)13(19)18-10/h1-5H,6H2,(H,17,18,19). The molecular formula is C14H8Cl2N2O3S. The predicted octanol–water partition coefficient (Wildman–Crippen LogP) is 3.65. The van der Waals surface area contributed by atoms with Crippen molar-refractivity contribution in [3.8, 4) is 0 Å². The number of H-pyrrole nitrogens is 1. The SMILES string of the molecule is O=C(OCc1nc2ccsc2c(=O)[nH]1)c1c(Cl)cccc1Cl. The van der Waals surface area contributed by atoms with Crippen LogP contribution in [0.5, 0.6) is 0 Å². The summed E-state index contributed by atoms with van der Waals surface area (Å²) in [6.07, 6.45) is 0. The Kier molecular flexibility index (Phi) is 4.15. The van der Waals surface area contributed by atoms with Crippen molar-refractivity contribution in [1.82, 2.24) is 9.97 Å². The first kappa shape index (κ1) is 15.0. The minimum atomic E-state index is -0.677. The first-order valence-corrected chi connectivity index (χ1v) is 7.77. The molecule has 0 bridgehead atoms. The number of fused-ring (bicyclic) bond motifs is 1. The minimum absolute atomic E-state index is 0.0878. The van der Waals surface area contributed by atoms with Crippen LogP contribution in [0, 0.1) is 0 Å². The average Bonchev–Trinajstić information content (AvgIpc) is 2.94. The summed E-state index contributed by atoms with van der Waals surface area (Å²) < 4.78 is 5.65. The molecule has 0 radical (unpaired) electrons. The van der Waals surface area contributed by atoms with Gasteiger partial charge in [0.05, 0.1) is 21.1 Å². The number of thiophene rings is 1. The van der Waals surface area contributed by atoms with Gasteiger partial charge in [0.15, 0.2) is 0 Å². The van der Waals surface area contributed by atoms with Gasteiger partial charge in [0.25, 0.3) is 5.56 Å². The van der Waals surface area contributed by atoms with E-state index in [9.17, 15) is 9.59 Å². The smallest absolute Gasteiger partial charge is 0.341 e. The molecule has 0 fully saturated rings. The van der Waals surface area contributed by atoms with Gasteiger partial charge in [-0.3, -0.25) is 4.79 Å². The molecule has 1 N–H and O–H groups in total. The molecule has 0 aliphatic carbocycles. The molecule has 8 heteroatoms. The van der Waals surface area contributed by atoms with Crippen LogP contribution < -0.4 is 5.56 Å². The van der Waals surface area contributed by atoms with E-state index < -0.39 is 5.97 Å². The highest BCUT2D eigenvalue weighted by molar-refractivity contribution is 7.17. The number of esters is 1. The van der Waals surface area contributed by atoms with Gasteiger partial charge < -0.3 is 9.72 Å². The van der Waals surface area contributed by atoms with Crippen LogP contribution in [-0.4, -0.2) is 15.9 Å². The summed E-state index contributed by atoms with van der Waals surface area (Å²) in [5, 5.41) is 2.17. The molecule has 0 spiro atoms. The van der Waals surface area contributed by atoms with Crippen LogP contribution in [0.1, 0.15) is 16.2 Å². The van der Waals surface area contributed by atoms with E-state index in [0.29, 0.717) is 10.2 Å². The lowest BCUT2D eigenvalue weighted by atomic mass is 10.2. The number of hydrogen-bond acceptors (Lipinski definition) is 5. The summed E-state index contributed by atoms with van der Waals surface area (Å²) in [6.45, 7) is -0.179. The molecule has 1 aromatic carbocycles. The van der Waals surface area contributed by atoms with E-state index in [0.717, 1.165) is 0 Å². The number of rotatable bonds is 3. The Hall–Kier alpha value is -1.89. The summed E-state index contributed by atoms with van der Waals surface area (Å²) in [6, 6.07) is 6.44. The highest BCUT2D eigenvalue weighted by Gasteiger charge is 2.16. The van der Waals surface area contributed by atoms with Crippen molar-refractivity contribution < 1.29 is 9.53 Å². The van der Waals surface area contributed by atoms with E-state index in [1.165, 1.54) is 11.3 Å². The van der Waals surface area contributed by atoms with E-state index >= 15 is 0 Å². The first-order valence-electron chi connectivity index (χ1n) is 6.14. The Balaban J connectivity index is 1.82. The molecule has 2 aromatic heterocycles. The van der Waals surface area contributed by atoms with Crippen LogP contribution in [0.25, 0.3) is 10.2 Å². The summed E-state index contributed by atoms with van der Waals surface area (Å²) in [7, 11) is 0. The quantitative estimate of drug-likeness (QED) is 0.728. The molecule has 22 heavy (non-hydrogen) atoms. The lowest BCUT2D eigenvalue weighted by molar-refractivity contribution is 0.0463. The van der Waals surface area contributed by atoms with Crippen LogP contribution >= 0.6 is 34.5 Å². The zero-order chi connectivity index (χ0) is 15.7. The number of halogens is 2. The maximum Gasteiger partial charge on any atom is 0.341 e. The third kappa shape index (κ3) is 2.85. The molecule has 0 amide bonds. The minimum Gasteiger partial charge on any atom is -0.454 e. The summed E-state index contributed by atoms with van der Waals surface area (Å²) in [5.74, 6) is -0.420. The van der Waals surface area contributed by atoms with E-state index in [1.807, 2.05) is 0 Å². The molecule has 0 aliphatic rings. The van der Waals surface area contributed by atoms with Gasteiger partial charge >= 0.3 is 5.97 Å². The molecule has 2 heterocycles. The average molecular weight is 355 g/mol. The highest BCUT2D eigenvalue weighted by atomic mass is 35.5. The van der Waals surface area contributed by atoms with Crippen molar-refractivity contribution in [2.45, 2.75) is 6.61 Å². The van der Waals surface area contributed by atoms with Crippen LogP contribution in [0.2, 0.25) is 10.0 Å². The molecule has 3 rings (SSSR count). The second-order valence-corrected chi connectivity index (χ2v) is 6.05. The predicted molar refractivity (Wildman–Crippen MR) is 85.8 cm³/mol. The van der Waals surface area contributed by atoms with Crippen molar-refractivity contribution in [3.05, 3.63) is 61.4 Å². The van der Waals surface area contributed by atoms with Gasteiger partial charge in [0.2, 0.25) is 0 Å². The van der Waals surface area contributed by atoms with E-state index in [2.05, 4.69) is 9.97 Å². The second-order valence-electron chi connectivity index (χ2n) is 4.32. The third-order valence-electron chi connectivity index (χ3n) is 2.87. The van der Waals surface area contributed by atoms with Crippen molar-refractivity contribution in [2.24, 2.45) is 0 Å². The number of carbonyl (C=O) groups is 1. The monoisotopic (exact) mass is 354 g/mol. The Labute approximate surface area is 138 Å². The molecule has 0 saturated carbocycles. The first-order chi connectivity index (χ1) is 10.6. The van der Waals surface area contributed by atoms with E-state index in [1.54, 1.807) is 29.6 Å². The van der Waals surface area contributed by atoms with Gasteiger partial charge in [-0.1, -0.05) is 29.3 Å². The number of carbonyl (C=O) groups excluding carboxylic acids is 1. The van der Waals surface area contributed by atoms with Crippen LogP contribution in [0.15, 0.2) is 34.4 Å². The zero-order valence-corrected chi connectivity index (χ0v) is 13.3. The molecule has 0 unspecified atom stereocenters. The molecule has 0 atom stereocenters. The Morgan fingerprint density at radius 3 is 2.73 bits per heavy atom. The molecule has 0 saturated heterocycles. The normalized spacial score (nSPS) is 10.8. The molecular weight excluding hydrogens is 347 g/mol. The van der Waals surface area contributed by atoms with Gasteiger partial charge in [-0.25, -0.2) is 9.78 Å². The number of aromatic nitrogens is 2. The fraction of sp³-hybridized carbons (Fsp3) is 0.0714. The highest BCUT2D eigenvalue weighted by Crippen LogP contribution is 2.25. The maximum absolute atomic E-state index is 12.0. The van der Waals surface area contributed by atoms with Crippen LogP contribution in [0.3, 0.4) is 0 Å². The number of nitrogens with one attached hydrogen (secondary N) is 1. The van der Waals surface area contributed by atoms with Crippen molar-refractivity contribution >= 4 is 50.7 Å². The van der Waals surface area contributed by atoms with E-state index in [4.69, 9.17) is 27.9 Å². The number of ether oxygens (including phenoxy) is 1. The van der Waals surface area contributed by atoms with Crippen LogP contribution in [0.4, 0.5) is 0 Å². The van der Waals surface area contributed by atoms with Crippen molar-refractivity contribution in [1.29, 1.82) is 0 Å². The van der Waals surface area contributed by atoms with Gasteiger partial charge in [0, 0.05) is 0 Å². The summed E-state index contributed by atoms with van der Waals surface area (Å²) in [4.78, 5) is 30.7. The second kappa shape index (κ2) is 6.08. The Morgan fingerprint density at radius 1 is 1.27 bits per heavy atom. The maximum atomic E-state index is 12.0. The Morgan fingerprint density at radius 2 is 2.00 bits per heavy atom. The van der Waals surface area contributed by atoms with Gasteiger partial charge in [-0.15, -0.1) is 11.3 Å². The number of aromatic amines is 1. The van der Waals surface area contributed by atoms with Gasteiger partial charge in [0.1, 0.15) is 17.1 Å². The van der Waals surface area contributed by atoms with Crippen LogP contribution in [-0.2, 0) is 11.3 Å². The molecule has 5 nitrogen and oxygen atoms in total.